The molecule has 1 aliphatic heterocycles. The van der Waals surface area contributed by atoms with Crippen molar-refractivity contribution in [2.75, 3.05) is 9.80 Å². The molecule has 0 saturated heterocycles. The van der Waals surface area contributed by atoms with Gasteiger partial charge in [0.15, 0.2) is 0 Å². The summed E-state index contributed by atoms with van der Waals surface area (Å²) in [6, 6.07) is 31.6. The van der Waals surface area contributed by atoms with Crippen LogP contribution < -0.4 is 9.80 Å². The molecule has 154 valence electrons. The summed E-state index contributed by atoms with van der Waals surface area (Å²) >= 11 is 0. The molecule has 5 rings (SSSR count). The first-order chi connectivity index (χ1) is 15.0. The van der Waals surface area contributed by atoms with Crippen LogP contribution in [0.3, 0.4) is 0 Å². The number of anilines is 6. The zero-order chi connectivity index (χ0) is 21.6. The Morgan fingerprint density at radius 2 is 0.871 bits per heavy atom. The molecule has 0 aromatic heterocycles. The van der Waals surface area contributed by atoms with E-state index in [-0.39, 0.29) is 5.75 Å². The van der Waals surface area contributed by atoms with Gasteiger partial charge in [-0.15, -0.1) is 0 Å². The first-order valence-electron chi connectivity index (χ1n) is 10.3. The summed E-state index contributed by atoms with van der Waals surface area (Å²) in [5, 5.41) is 21.6. The molecule has 0 unspecified atom stereocenters. The normalized spacial score (nSPS) is 13.0. The van der Waals surface area contributed by atoms with E-state index in [4.69, 9.17) is 0 Å². The van der Waals surface area contributed by atoms with Gasteiger partial charge in [0.1, 0.15) is 5.75 Å². The second-order valence-corrected chi connectivity index (χ2v) is 8.21. The van der Waals surface area contributed by atoms with Gasteiger partial charge in [-0.3, -0.25) is 0 Å². The van der Waals surface area contributed by atoms with Crippen molar-refractivity contribution in [2.45, 2.75) is 19.4 Å². The second-order valence-electron chi connectivity index (χ2n) is 8.21. The van der Waals surface area contributed by atoms with E-state index in [1.165, 1.54) is 0 Å². The molecule has 4 nitrogen and oxygen atoms in total. The predicted molar refractivity (Wildman–Crippen MR) is 126 cm³/mol. The van der Waals surface area contributed by atoms with Crippen molar-refractivity contribution in [3.05, 3.63) is 103 Å². The third-order valence-corrected chi connectivity index (χ3v) is 5.65. The summed E-state index contributed by atoms with van der Waals surface area (Å²) < 4.78 is 0. The lowest BCUT2D eigenvalue weighted by atomic mass is 9.94. The van der Waals surface area contributed by atoms with Crippen molar-refractivity contribution >= 4 is 34.1 Å². The molecule has 0 bridgehead atoms. The molecule has 31 heavy (non-hydrogen) atoms. The Hall–Kier alpha value is -3.76. The third kappa shape index (κ3) is 3.13. The summed E-state index contributed by atoms with van der Waals surface area (Å²) in [6.45, 7) is 3.61. The topological polar surface area (TPSA) is 46.9 Å². The highest BCUT2D eigenvalue weighted by Gasteiger charge is 2.33. The Kier molecular flexibility index (Phi) is 4.45. The Bertz CT molecular complexity index is 1210. The molecular formula is C27H24N2O2. The number of phenolic OH excluding ortho intramolecular Hbond substituents is 1. The number of hydrogen-bond acceptors (Lipinski definition) is 4. The number of aliphatic hydroxyl groups is 1. The first kappa shape index (κ1) is 19.2. The zero-order valence-electron chi connectivity index (χ0n) is 17.5. The summed E-state index contributed by atoms with van der Waals surface area (Å²) in [6.07, 6.45) is 0. The van der Waals surface area contributed by atoms with Crippen LogP contribution in [0.5, 0.6) is 5.75 Å². The van der Waals surface area contributed by atoms with Gasteiger partial charge in [-0.2, -0.15) is 0 Å². The smallest absolute Gasteiger partial charge is 0.139 e. The number of hydrogen-bond donors (Lipinski definition) is 2. The van der Waals surface area contributed by atoms with E-state index < -0.39 is 5.60 Å². The molecule has 0 amide bonds. The predicted octanol–water partition coefficient (Wildman–Crippen LogP) is 6.87. The van der Waals surface area contributed by atoms with Crippen LogP contribution in [0.25, 0.3) is 0 Å². The maximum absolute atomic E-state index is 10.9. The number of benzene rings is 4. The highest BCUT2D eigenvalue weighted by molar-refractivity contribution is 6.02. The minimum atomic E-state index is -1.00. The van der Waals surface area contributed by atoms with Gasteiger partial charge in [0.25, 0.3) is 0 Å². The van der Waals surface area contributed by atoms with Crippen molar-refractivity contribution in [3.8, 4) is 5.75 Å². The lowest BCUT2D eigenvalue weighted by molar-refractivity contribution is 0.0792. The summed E-state index contributed by atoms with van der Waals surface area (Å²) in [7, 11) is 0. The average Bonchev–Trinajstić information content (AvgIpc) is 2.77. The van der Waals surface area contributed by atoms with Gasteiger partial charge in [-0.25, -0.2) is 0 Å². The van der Waals surface area contributed by atoms with Gasteiger partial charge in [-0.1, -0.05) is 54.6 Å². The van der Waals surface area contributed by atoms with Crippen molar-refractivity contribution in [3.63, 3.8) is 0 Å². The van der Waals surface area contributed by atoms with Gasteiger partial charge in [0, 0.05) is 5.56 Å². The van der Waals surface area contributed by atoms with Crippen LogP contribution in [0.15, 0.2) is 97.1 Å². The summed E-state index contributed by atoms with van der Waals surface area (Å²) in [5.74, 6) is 0.220. The van der Waals surface area contributed by atoms with Crippen LogP contribution in [0.1, 0.15) is 19.4 Å². The lowest BCUT2D eigenvalue weighted by Gasteiger charge is -2.41. The molecule has 4 heteroatoms. The fourth-order valence-electron chi connectivity index (χ4n) is 4.30. The number of aromatic hydroxyl groups is 1. The van der Waals surface area contributed by atoms with Crippen LogP contribution in [0, 0.1) is 0 Å². The van der Waals surface area contributed by atoms with Gasteiger partial charge in [0.2, 0.25) is 0 Å². The van der Waals surface area contributed by atoms with Gasteiger partial charge in [-0.05, 0) is 56.3 Å². The van der Waals surface area contributed by atoms with Crippen molar-refractivity contribution in [1.82, 2.24) is 0 Å². The second kappa shape index (κ2) is 7.18. The monoisotopic (exact) mass is 408 g/mol. The molecule has 0 aliphatic carbocycles. The van der Waals surface area contributed by atoms with Crippen LogP contribution in [0.2, 0.25) is 0 Å². The lowest BCUT2D eigenvalue weighted by Crippen LogP contribution is -2.26. The van der Waals surface area contributed by atoms with Crippen LogP contribution in [-0.4, -0.2) is 10.2 Å². The van der Waals surface area contributed by atoms with Crippen LogP contribution in [-0.2, 0) is 5.60 Å². The van der Waals surface area contributed by atoms with Crippen molar-refractivity contribution in [1.29, 1.82) is 0 Å². The molecule has 0 fully saturated rings. The number of phenols is 1. The molecule has 2 N–H and O–H groups in total. The van der Waals surface area contributed by atoms with Crippen LogP contribution in [0.4, 0.5) is 34.1 Å². The molecule has 0 spiro atoms. The Labute approximate surface area is 182 Å². The van der Waals surface area contributed by atoms with E-state index in [1.54, 1.807) is 6.07 Å². The molecular weight excluding hydrogens is 384 g/mol. The van der Waals surface area contributed by atoms with E-state index in [2.05, 4.69) is 34.1 Å². The van der Waals surface area contributed by atoms with E-state index in [0.29, 0.717) is 0 Å². The van der Waals surface area contributed by atoms with Gasteiger partial charge < -0.3 is 20.0 Å². The minimum absolute atomic E-state index is 0.220. The van der Waals surface area contributed by atoms with Crippen LogP contribution >= 0.6 is 0 Å². The number of fused-ring (bicyclic) bond motifs is 2. The maximum Gasteiger partial charge on any atom is 0.139 e. The highest BCUT2D eigenvalue weighted by Crippen LogP contribution is 2.56. The average molecular weight is 409 g/mol. The van der Waals surface area contributed by atoms with E-state index >= 15 is 0 Å². The molecule has 0 radical (unpaired) electrons. The van der Waals surface area contributed by atoms with Crippen molar-refractivity contribution in [2.24, 2.45) is 0 Å². The van der Waals surface area contributed by atoms with Gasteiger partial charge in [0.05, 0.1) is 39.7 Å². The maximum atomic E-state index is 10.9. The molecule has 4 aromatic carbocycles. The molecule has 0 atom stereocenters. The molecule has 4 aromatic rings. The third-order valence-electron chi connectivity index (χ3n) is 5.65. The highest BCUT2D eigenvalue weighted by atomic mass is 16.3. The van der Waals surface area contributed by atoms with E-state index in [1.807, 2.05) is 80.6 Å². The van der Waals surface area contributed by atoms with E-state index in [0.717, 1.165) is 39.7 Å². The fourth-order valence-corrected chi connectivity index (χ4v) is 4.30. The Morgan fingerprint density at radius 3 is 1.32 bits per heavy atom. The Balaban J connectivity index is 1.82. The van der Waals surface area contributed by atoms with Crippen molar-refractivity contribution < 1.29 is 10.2 Å². The zero-order valence-corrected chi connectivity index (χ0v) is 17.5. The minimum Gasteiger partial charge on any atom is -0.506 e. The van der Waals surface area contributed by atoms with Gasteiger partial charge >= 0.3 is 0 Å². The quantitative estimate of drug-likeness (QED) is 0.342. The molecule has 1 aliphatic rings. The Morgan fingerprint density at radius 1 is 0.516 bits per heavy atom. The van der Waals surface area contributed by atoms with E-state index in [9.17, 15) is 10.2 Å². The molecule has 1 heterocycles. The summed E-state index contributed by atoms with van der Waals surface area (Å²) in [4.78, 5) is 4.28. The number of rotatable bonds is 3. The summed E-state index contributed by atoms with van der Waals surface area (Å²) in [5.41, 5.74) is 5.33. The number of nitrogens with zero attached hydrogens (tertiary/aromatic N) is 2. The first-order valence-corrected chi connectivity index (χ1v) is 10.3. The molecule has 0 saturated carbocycles. The fraction of sp³-hybridized carbons (Fsp3) is 0.111. The number of para-hydroxylation sites is 7. The standard InChI is InChI=1S/C27H24N2O2/c1-27(2,31)19-11-3-4-12-20(19)28-21-13-5-7-15-23(21)29(24-16-8-6-14-22(24)28)25-17-9-10-18-26(25)30/h3-18,30-31H,1-2H3. The largest absolute Gasteiger partial charge is 0.506 e. The SMILES string of the molecule is CC(C)(O)c1ccccc1N1c2ccccc2N(c2ccccc2O)c2ccccc21.